The maximum Gasteiger partial charge on any atom is 0.170 e. The molecule has 0 radical (unpaired) electrons. The van der Waals surface area contributed by atoms with Crippen molar-refractivity contribution in [3.63, 3.8) is 0 Å². The standard InChI is InChI=1S/C12H18FNO/c1-3-4-5-6-9-10(14)7-8-11(15-2)12(9)13/h7-8H,3-6,14H2,1-2H3. The normalized spacial score (nSPS) is 10.3. The van der Waals surface area contributed by atoms with Crippen LogP contribution in [0.3, 0.4) is 0 Å². The van der Waals surface area contributed by atoms with Crippen LogP contribution < -0.4 is 10.5 Å². The summed E-state index contributed by atoms with van der Waals surface area (Å²) in [5.74, 6) is -0.0377. The van der Waals surface area contributed by atoms with Crippen LogP contribution in [-0.2, 0) is 6.42 Å². The molecule has 2 nitrogen and oxygen atoms in total. The lowest BCUT2D eigenvalue weighted by molar-refractivity contribution is 0.384. The summed E-state index contributed by atoms with van der Waals surface area (Å²) in [4.78, 5) is 0. The molecule has 0 spiro atoms. The molecule has 0 fully saturated rings. The number of rotatable bonds is 5. The lowest BCUT2D eigenvalue weighted by atomic mass is 10.0. The Morgan fingerprint density at radius 2 is 2.07 bits per heavy atom. The van der Waals surface area contributed by atoms with E-state index in [0.717, 1.165) is 19.3 Å². The van der Waals surface area contributed by atoms with Crippen LogP contribution in [0.25, 0.3) is 0 Å². The van der Waals surface area contributed by atoms with Crippen LogP contribution in [0.2, 0.25) is 0 Å². The van der Waals surface area contributed by atoms with Gasteiger partial charge < -0.3 is 10.5 Å². The van der Waals surface area contributed by atoms with E-state index in [-0.39, 0.29) is 11.6 Å². The van der Waals surface area contributed by atoms with Crippen LogP contribution in [0, 0.1) is 5.82 Å². The number of hydrogen-bond acceptors (Lipinski definition) is 2. The van der Waals surface area contributed by atoms with E-state index >= 15 is 0 Å². The van der Waals surface area contributed by atoms with Crippen LogP contribution >= 0.6 is 0 Å². The fourth-order valence-electron chi connectivity index (χ4n) is 1.58. The van der Waals surface area contributed by atoms with Crippen molar-refractivity contribution in [3.05, 3.63) is 23.5 Å². The minimum atomic E-state index is -0.311. The first-order chi connectivity index (χ1) is 7.20. The van der Waals surface area contributed by atoms with Gasteiger partial charge in [-0.15, -0.1) is 0 Å². The van der Waals surface area contributed by atoms with Gasteiger partial charge in [-0.2, -0.15) is 0 Å². The number of nitrogens with two attached hydrogens (primary N) is 1. The highest BCUT2D eigenvalue weighted by molar-refractivity contribution is 5.51. The molecule has 84 valence electrons. The quantitative estimate of drug-likeness (QED) is 0.599. The summed E-state index contributed by atoms with van der Waals surface area (Å²) in [5.41, 5.74) is 6.84. The fraction of sp³-hybridized carbons (Fsp3) is 0.500. The van der Waals surface area contributed by atoms with Gasteiger partial charge >= 0.3 is 0 Å². The number of unbranched alkanes of at least 4 members (excludes halogenated alkanes) is 2. The second kappa shape index (κ2) is 5.59. The number of benzene rings is 1. The Balaban J connectivity index is 2.84. The molecule has 0 saturated carbocycles. The maximum absolute atomic E-state index is 13.8. The van der Waals surface area contributed by atoms with Gasteiger partial charge in [0.15, 0.2) is 11.6 Å². The Kier molecular flexibility index (Phi) is 4.40. The Morgan fingerprint density at radius 1 is 1.33 bits per heavy atom. The van der Waals surface area contributed by atoms with E-state index in [9.17, 15) is 4.39 Å². The van der Waals surface area contributed by atoms with Gasteiger partial charge in [0.25, 0.3) is 0 Å². The summed E-state index contributed by atoms with van der Waals surface area (Å²) in [7, 11) is 1.46. The Hall–Kier alpha value is -1.25. The summed E-state index contributed by atoms with van der Waals surface area (Å²) in [6, 6.07) is 3.26. The molecular formula is C12H18FNO. The third kappa shape index (κ3) is 2.85. The molecule has 0 aliphatic carbocycles. The predicted octanol–water partition coefficient (Wildman–Crippen LogP) is 3.15. The largest absolute Gasteiger partial charge is 0.494 e. The molecule has 0 amide bonds. The molecule has 0 aromatic heterocycles. The Morgan fingerprint density at radius 3 is 2.67 bits per heavy atom. The molecule has 1 aromatic rings. The molecule has 0 atom stereocenters. The molecule has 0 bridgehead atoms. The second-order valence-electron chi connectivity index (χ2n) is 3.61. The van der Waals surface area contributed by atoms with Crippen LogP contribution in [0.15, 0.2) is 12.1 Å². The van der Waals surface area contributed by atoms with Crippen molar-refractivity contribution in [2.24, 2.45) is 0 Å². The molecule has 3 heteroatoms. The third-order valence-corrected chi connectivity index (χ3v) is 2.49. The zero-order valence-corrected chi connectivity index (χ0v) is 9.35. The van der Waals surface area contributed by atoms with E-state index in [1.807, 2.05) is 0 Å². The molecule has 1 rings (SSSR count). The van der Waals surface area contributed by atoms with Crippen LogP contribution in [0.5, 0.6) is 5.75 Å². The number of methoxy groups -OCH3 is 1. The van der Waals surface area contributed by atoms with E-state index < -0.39 is 0 Å². The Labute approximate surface area is 90.2 Å². The van der Waals surface area contributed by atoms with Crippen molar-refractivity contribution in [1.29, 1.82) is 0 Å². The van der Waals surface area contributed by atoms with E-state index in [1.165, 1.54) is 7.11 Å². The maximum atomic E-state index is 13.8. The van der Waals surface area contributed by atoms with Crippen molar-refractivity contribution >= 4 is 5.69 Å². The van der Waals surface area contributed by atoms with Gasteiger partial charge in [-0.3, -0.25) is 0 Å². The minimum Gasteiger partial charge on any atom is -0.494 e. The Bertz CT molecular complexity index is 326. The van der Waals surface area contributed by atoms with Crippen molar-refractivity contribution in [3.8, 4) is 5.75 Å². The number of anilines is 1. The molecule has 15 heavy (non-hydrogen) atoms. The molecule has 0 saturated heterocycles. The van der Waals surface area contributed by atoms with Gasteiger partial charge in [0.05, 0.1) is 7.11 Å². The van der Waals surface area contributed by atoms with Crippen molar-refractivity contribution in [2.75, 3.05) is 12.8 Å². The summed E-state index contributed by atoms with van der Waals surface area (Å²) < 4.78 is 18.7. The van der Waals surface area contributed by atoms with E-state index in [2.05, 4.69) is 6.92 Å². The SMILES string of the molecule is CCCCCc1c(N)ccc(OC)c1F. The number of nitrogen functional groups attached to an aromatic ring is 1. The van der Waals surface area contributed by atoms with Gasteiger partial charge in [-0.1, -0.05) is 19.8 Å². The fourth-order valence-corrected chi connectivity index (χ4v) is 1.58. The molecule has 0 aliphatic rings. The van der Waals surface area contributed by atoms with Crippen LogP contribution in [-0.4, -0.2) is 7.11 Å². The van der Waals surface area contributed by atoms with Crippen molar-refractivity contribution in [2.45, 2.75) is 32.6 Å². The molecule has 1 aromatic carbocycles. The summed E-state index contributed by atoms with van der Waals surface area (Å²) in [6.45, 7) is 2.12. The van der Waals surface area contributed by atoms with Gasteiger partial charge in [-0.05, 0) is 25.0 Å². The smallest absolute Gasteiger partial charge is 0.170 e. The molecule has 2 N–H and O–H groups in total. The second-order valence-corrected chi connectivity index (χ2v) is 3.61. The first kappa shape index (κ1) is 11.8. The average molecular weight is 211 g/mol. The highest BCUT2D eigenvalue weighted by Crippen LogP contribution is 2.26. The zero-order chi connectivity index (χ0) is 11.3. The highest BCUT2D eigenvalue weighted by Gasteiger charge is 2.11. The number of halogens is 1. The predicted molar refractivity (Wildman–Crippen MR) is 60.6 cm³/mol. The highest BCUT2D eigenvalue weighted by atomic mass is 19.1. The molecule has 0 aliphatic heterocycles. The van der Waals surface area contributed by atoms with E-state index in [4.69, 9.17) is 10.5 Å². The first-order valence-electron chi connectivity index (χ1n) is 5.31. The van der Waals surface area contributed by atoms with Gasteiger partial charge in [0.1, 0.15) is 0 Å². The third-order valence-electron chi connectivity index (χ3n) is 2.49. The lowest BCUT2D eigenvalue weighted by Gasteiger charge is -2.10. The van der Waals surface area contributed by atoms with Gasteiger partial charge in [0, 0.05) is 11.3 Å². The van der Waals surface area contributed by atoms with E-state index in [0.29, 0.717) is 17.7 Å². The summed E-state index contributed by atoms with van der Waals surface area (Å²) in [6.07, 6.45) is 3.86. The van der Waals surface area contributed by atoms with Crippen molar-refractivity contribution in [1.82, 2.24) is 0 Å². The van der Waals surface area contributed by atoms with Crippen molar-refractivity contribution < 1.29 is 9.13 Å². The number of hydrogen-bond donors (Lipinski definition) is 1. The molecule has 0 unspecified atom stereocenters. The van der Waals surface area contributed by atoms with Gasteiger partial charge in [-0.25, -0.2) is 4.39 Å². The minimum absolute atomic E-state index is 0.274. The summed E-state index contributed by atoms with van der Waals surface area (Å²) in [5, 5.41) is 0. The molecule has 0 heterocycles. The van der Waals surface area contributed by atoms with Gasteiger partial charge in [0.2, 0.25) is 0 Å². The molecular weight excluding hydrogens is 193 g/mol. The van der Waals surface area contributed by atoms with Crippen LogP contribution in [0.1, 0.15) is 31.7 Å². The number of ether oxygens (including phenoxy) is 1. The lowest BCUT2D eigenvalue weighted by Crippen LogP contribution is -2.01. The first-order valence-corrected chi connectivity index (χ1v) is 5.31. The average Bonchev–Trinajstić information content (AvgIpc) is 2.23. The zero-order valence-electron chi connectivity index (χ0n) is 9.35. The van der Waals surface area contributed by atoms with Crippen LogP contribution in [0.4, 0.5) is 10.1 Å². The van der Waals surface area contributed by atoms with E-state index in [1.54, 1.807) is 12.1 Å². The topological polar surface area (TPSA) is 35.2 Å². The monoisotopic (exact) mass is 211 g/mol. The summed E-state index contributed by atoms with van der Waals surface area (Å²) >= 11 is 0.